The highest BCUT2D eigenvalue weighted by molar-refractivity contribution is 7.99. The van der Waals surface area contributed by atoms with E-state index in [0.717, 1.165) is 6.07 Å². The highest BCUT2D eigenvalue weighted by Gasteiger charge is 2.33. The van der Waals surface area contributed by atoms with Crippen LogP contribution in [0.2, 0.25) is 0 Å². The Hall–Kier alpha value is -1.68. The molecular formula is C12H11F3N2OS. The molecule has 0 saturated carbocycles. The second kappa shape index (κ2) is 7.04. The SMILES string of the molecule is N#CCCSCC(=O)Nc1ccccc1C(F)(F)F. The Bertz CT molecular complexity index is 483. The van der Waals surface area contributed by atoms with Gasteiger partial charge in [0.15, 0.2) is 0 Å². The fourth-order valence-electron chi connectivity index (χ4n) is 1.31. The van der Waals surface area contributed by atoms with Gasteiger partial charge in [-0.15, -0.1) is 0 Å². The first-order valence-electron chi connectivity index (χ1n) is 5.36. The maximum atomic E-state index is 12.7. The van der Waals surface area contributed by atoms with Gasteiger partial charge in [-0.1, -0.05) is 12.1 Å². The van der Waals surface area contributed by atoms with Gasteiger partial charge in [-0.3, -0.25) is 4.79 Å². The minimum absolute atomic E-state index is 0.0217. The third-order valence-electron chi connectivity index (χ3n) is 2.10. The van der Waals surface area contributed by atoms with Gasteiger partial charge < -0.3 is 5.32 Å². The average Bonchev–Trinajstić information content (AvgIpc) is 2.34. The van der Waals surface area contributed by atoms with Crippen molar-refractivity contribution in [3.8, 4) is 6.07 Å². The first-order chi connectivity index (χ1) is 8.95. The minimum Gasteiger partial charge on any atom is -0.325 e. The Morgan fingerprint density at radius 3 is 2.68 bits per heavy atom. The molecule has 0 heterocycles. The zero-order valence-electron chi connectivity index (χ0n) is 9.83. The topological polar surface area (TPSA) is 52.9 Å². The van der Waals surface area contributed by atoms with Gasteiger partial charge in [0.05, 0.1) is 23.1 Å². The van der Waals surface area contributed by atoms with Gasteiger partial charge in [0.1, 0.15) is 0 Å². The van der Waals surface area contributed by atoms with E-state index in [4.69, 9.17) is 5.26 Å². The van der Waals surface area contributed by atoms with Gasteiger partial charge in [-0.2, -0.15) is 30.2 Å². The molecule has 1 rings (SSSR count). The quantitative estimate of drug-likeness (QED) is 0.846. The van der Waals surface area contributed by atoms with Crippen molar-refractivity contribution in [3.63, 3.8) is 0 Å². The fourth-order valence-corrected chi connectivity index (χ4v) is 1.95. The number of carbonyl (C=O) groups is 1. The van der Waals surface area contributed by atoms with E-state index in [1.54, 1.807) is 0 Å². The van der Waals surface area contributed by atoms with Crippen molar-refractivity contribution in [1.29, 1.82) is 5.26 Å². The Kier molecular flexibility index (Phi) is 5.70. The van der Waals surface area contributed by atoms with Crippen molar-refractivity contribution in [2.45, 2.75) is 12.6 Å². The summed E-state index contributed by atoms with van der Waals surface area (Å²) in [5.74, 6) is -0.0155. The van der Waals surface area contributed by atoms with E-state index in [1.807, 2.05) is 6.07 Å². The van der Waals surface area contributed by atoms with Crippen LogP contribution in [0.25, 0.3) is 0 Å². The van der Waals surface area contributed by atoms with E-state index < -0.39 is 17.6 Å². The van der Waals surface area contributed by atoms with Crippen LogP contribution in [-0.2, 0) is 11.0 Å². The molecule has 1 amide bonds. The van der Waals surface area contributed by atoms with E-state index in [1.165, 1.54) is 30.0 Å². The van der Waals surface area contributed by atoms with Crippen LogP contribution in [0, 0.1) is 11.3 Å². The second-order valence-corrected chi connectivity index (χ2v) is 4.66. The van der Waals surface area contributed by atoms with E-state index in [2.05, 4.69) is 5.32 Å². The first kappa shape index (κ1) is 15.4. The number of hydrogen-bond donors (Lipinski definition) is 1. The molecule has 102 valence electrons. The minimum atomic E-state index is -4.50. The summed E-state index contributed by atoms with van der Waals surface area (Å²) in [5, 5.41) is 10.5. The predicted octanol–water partition coefficient (Wildman–Crippen LogP) is 3.29. The van der Waals surface area contributed by atoms with Crippen LogP contribution in [0.15, 0.2) is 24.3 Å². The van der Waals surface area contributed by atoms with Crippen LogP contribution in [-0.4, -0.2) is 17.4 Å². The van der Waals surface area contributed by atoms with Crippen molar-refractivity contribution < 1.29 is 18.0 Å². The van der Waals surface area contributed by atoms with E-state index in [-0.39, 0.29) is 11.4 Å². The second-order valence-electron chi connectivity index (χ2n) is 3.55. The predicted molar refractivity (Wildman–Crippen MR) is 67.6 cm³/mol. The van der Waals surface area contributed by atoms with Crippen LogP contribution in [0.4, 0.5) is 18.9 Å². The molecule has 0 radical (unpaired) electrons. The Morgan fingerprint density at radius 2 is 2.05 bits per heavy atom. The van der Waals surface area contributed by atoms with Crippen LogP contribution in [0.5, 0.6) is 0 Å². The Balaban J connectivity index is 2.62. The zero-order chi connectivity index (χ0) is 14.3. The van der Waals surface area contributed by atoms with Gasteiger partial charge in [0, 0.05) is 12.2 Å². The number of rotatable bonds is 5. The number of thioether (sulfide) groups is 1. The highest BCUT2D eigenvalue weighted by Crippen LogP contribution is 2.34. The molecule has 0 aromatic heterocycles. The number of amides is 1. The molecule has 0 fully saturated rings. The summed E-state index contributed by atoms with van der Waals surface area (Å²) in [6.45, 7) is 0. The van der Waals surface area contributed by atoms with Crippen molar-refractivity contribution in [1.82, 2.24) is 0 Å². The summed E-state index contributed by atoms with van der Waals surface area (Å²) in [6, 6.07) is 6.73. The summed E-state index contributed by atoms with van der Waals surface area (Å²) in [5.41, 5.74) is -1.12. The van der Waals surface area contributed by atoms with Crippen molar-refractivity contribution >= 4 is 23.4 Å². The Morgan fingerprint density at radius 1 is 1.37 bits per heavy atom. The molecule has 0 aliphatic heterocycles. The van der Waals surface area contributed by atoms with E-state index >= 15 is 0 Å². The third-order valence-corrected chi connectivity index (χ3v) is 3.06. The lowest BCUT2D eigenvalue weighted by atomic mass is 10.1. The molecule has 0 spiro atoms. The normalized spacial score (nSPS) is 10.8. The molecule has 0 saturated heterocycles. The highest BCUT2D eigenvalue weighted by atomic mass is 32.2. The van der Waals surface area contributed by atoms with Crippen molar-refractivity contribution in [3.05, 3.63) is 29.8 Å². The van der Waals surface area contributed by atoms with Gasteiger partial charge >= 0.3 is 6.18 Å². The van der Waals surface area contributed by atoms with Crippen molar-refractivity contribution in [2.24, 2.45) is 0 Å². The fraction of sp³-hybridized carbons (Fsp3) is 0.333. The van der Waals surface area contributed by atoms with E-state index in [0.29, 0.717) is 12.2 Å². The molecule has 0 aliphatic rings. The maximum Gasteiger partial charge on any atom is 0.418 e. The number of alkyl halides is 3. The Labute approximate surface area is 112 Å². The molecule has 0 atom stereocenters. The number of carbonyl (C=O) groups excluding carboxylic acids is 1. The molecule has 3 nitrogen and oxygen atoms in total. The largest absolute Gasteiger partial charge is 0.418 e. The van der Waals surface area contributed by atoms with Gasteiger partial charge in [-0.25, -0.2) is 0 Å². The van der Waals surface area contributed by atoms with Gasteiger partial charge in [0.25, 0.3) is 0 Å². The van der Waals surface area contributed by atoms with E-state index in [9.17, 15) is 18.0 Å². The number of para-hydroxylation sites is 1. The van der Waals surface area contributed by atoms with Crippen LogP contribution in [0.3, 0.4) is 0 Å². The number of nitrogens with zero attached hydrogens (tertiary/aromatic N) is 1. The average molecular weight is 288 g/mol. The molecule has 0 aliphatic carbocycles. The summed E-state index contributed by atoms with van der Waals surface area (Å²) in [6.07, 6.45) is -4.20. The lowest BCUT2D eigenvalue weighted by Crippen LogP contribution is -2.18. The summed E-state index contributed by atoms with van der Waals surface area (Å²) in [4.78, 5) is 11.5. The van der Waals surface area contributed by atoms with Crippen LogP contribution >= 0.6 is 11.8 Å². The number of halogens is 3. The van der Waals surface area contributed by atoms with Gasteiger partial charge in [0.2, 0.25) is 5.91 Å². The third kappa shape index (κ3) is 5.22. The summed E-state index contributed by atoms with van der Waals surface area (Å²) < 4.78 is 38.0. The smallest absolute Gasteiger partial charge is 0.325 e. The number of hydrogen-bond acceptors (Lipinski definition) is 3. The van der Waals surface area contributed by atoms with Gasteiger partial charge in [-0.05, 0) is 12.1 Å². The standard InChI is InChI=1S/C12H11F3N2OS/c13-12(14,15)9-4-1-2-5-10(9)17-11(18)8-19-7-3-6-16/h1-2,4-5H,3,7-8H2,(H,17,18). The number of nitrogens with one attached hydrogen (secondary N) is 1. The molecule has 1 aromatic rings. The molecule has 0 bridgehead atoms. The van der Waals surface area contributed by atoms with Crippen LogP contribution in [0.1, 0.15) is 12.0 Å². The van der Waals surface area contributed by atoms with Crippen LogP contribution < -0.4 is 5.32 Å². The summed E-state index contributed by atoms with van der Waals surface area (Å²) in [7, 11) is 0. The van der Waals surface area contributed by atoms with Crippen molar-refractivity contribution in [2.75, 3.05) is 16.8 Å². The molecule has 1 N–H and O–H groups in total. The molecule has 1 aromatic carbocycles. The number of benzene rings is 1. The lowest BCUT2D eigenvalue weighted by Gasteiger charge is -2.13. The zero-order valence-corrected chi connectivity index (χ0v) is 10.6. The molecule has 0 unspecified atom stereocenters. The number of nitriles is 1. The lowest BCUT2D eigenvalue weighted by molar-refractivity contribution is -0.137. The maximum absolute atomic E-state index is 12.7. The monoisotopic (exact) mass is 288 g/mol. The summed E-state index contributed by atoms with van der Waals surface area (Å²) >= 11 is 1.20. The molecular weight excluding hydrogens is 277 g/mol. The number of anilines is 1. The molecule has 19 heavy (non-hydrogen) atoms. The first-order valence-corrected chi connectivity index (χ1v) is 6.51. The molecule has 7 heteroatoms.